The van der Waals surface area contributed by atoms with E-state index in [1.165, 1.54) is 0 Å². The van der Waals surface area contributed by atoms with Gasteiger partial charge in [-0.2, -0.15) is 0 Å². The SMILES string of the molecule is Cc1c(I)oc2cnc(Cl)nc12. The van der Waals surface area contributed by atoms with E-state index in [0.29, 0.717) is 5.58 Å². The summed E-state index contributed by atoms with van der Waals surface area (Å²) in [7, 11) is 0. The van der Waals surface area contributed by atoms with E-state index in [0.717, 1.165) is 14.8 Å². The van der Waals surface area contributed by atoms with E-state index in [-0.39, 0.29) is 5.28 Å². The third-order valence-electron chi connectivity index (χ3n) is 1.58. The Bertz CT molecular complexity index is 440. The number of aryl methyl sites for hydroxylation is 1. The number of fused-ring (bicyclic) bond motifs is 1. The Balaban J connectivity index is 2.88. The van der Waals surface area contributed by atoms with Crippen LogP contribution in [0, 0.1) is 10.7 Å². The first-order valence-corrected chi connectivity index (χ1v) is 4.71. The van der Waals surface area contributed by atoms with E-state index in [4.69, 9.17) is 16.0 Å². The predicted octanol–water partition coefficient (Wildman–Crippen LogP) is 2.79. The standard InChI is InChI=1S/C7H4ClIN2O/c1-3-5-4(12-6(3)9)2-10-7(8)11-5/h2H,1H3. The van der Waals surface area contributed by atoms with Gasteiger partial charge in [0.1, 0.15) is 5.52 Å². The van der Waals surface area contributed by atoms with E-state index < -0.39 is 0 Å². The summed E-state index contributed by atoms with van der Waals surface area (Å²) < 4.78 is 6.19. The molecule has 0 fully saturated rings. The molecule has 3 nitrogen and oxygen atoms in total. The van der Waals surface area contributed by atoms with Gasteiger partial charge in [-0.05, 0) is 41.1 Å². The molecule has 2 rings (SSSR count). The molecule has 0 aromatic carbocycles. The number of aromatic nitrogens is 2. The van der Waals surface area contributed by atoms with Gasteiger partial charge in [-0.15, -0.1) is 0 Å². The lowest BCUT2D eigenvalue weighted by atomic mass is 10.3. The number of halogens is 2. The van der Waals surface area contributed by atoms with Crippen LogP contribution in [0.5, 0.6) is 0 Å². The Morgan fingerprint density at radius 2 is 2.33 bits per heavy atom. The van der Waals surface area contributed by atoms with Crippen molar-refractivity contribution in [2.75, 3.05) is 0 Å². The van der Waals surface area contributed by atoms with Crippen molar-refractivity contribution in [1.29, 1.82) is 0 Å². The molecule has 0 saturated heterocycles. The van der Waals surface area contributed by atoms with Crippen LogP contribution in [-0.2, 0) is 0 Å². The van der Waals surface area contributed by atoms with Crippen molar-refractivity contribution in [3.63, 3.8) is 0 Å². The Morgan fingerprint density at radius 1 is 1.58 bits per heavy atom. The number of nitrogens with zero attached hydrogens (tertiary/aromatic N) is 2. The summed E-state index contributed by atoms with van der Waals surface area (Å²) in [5.41, 5.74) is 2.48. The molecule has 0 radical (unpaired) electrons. The molecule has 2 heterocycles. The molecular formula is C7H4ClIN2O. The topological polar surface area (TPSA) is 38.9 Å². The average Bonchev–Trinajstić information content (AvgIpc) is 2.31. The lowest BCUT2D eigenvalue weighted by molar-refractivity contribution is 0.579. The van der Waals surface area contributed by atoms with Crippen molar-refractivity contribution in [1.82, 2.24) is 9.97 Å². The second-order valence-electron chi connectivity index (χ2n) is 2.35. The highest BCUT2D eigenvalue weighted by Gasteiger charge is 2.09. The van der Waals surface area contributed by atoms with Crippen LogP contribution in [0.15, 0.2) is 10.6 Å². The number of furan rings is 1. The van der Waals surface area contributed by atoms with Crippen LogP contribution in [0.1, 0.15) is 5.56 Å². The van der Waals surface area contributed by atoms with Crippen LogP contribution in [-0.4, -0.2) is 9.97 Å². The van der Waals surface area contributed by atoms with E-state index in [9.17, 15) is 0 Å². The fraction of sp³-hybridized carbons (Fsp3) is 0.143. The largest absolute Gasteiger partial charge is 0.447 e. The zero-order valence-corrected chi connectivity index (χ0v) is 9.05. The lowest BCUT2D eigenvalue weighted by Crippen LogP contribution is -1.81. The Hall–Kier alpha value is -0.360. The first-order valence-electron chi connectivity index (χ1n) is 3.25. The van der Waals surface area contributed by atoms with Crippen molar-refractivity contribution >= 4 is 45.3 Å². The summed E-state index contributed by atoms with van der Waals surface area (Å²) >= 11 is 7.75. The van der Waals surface area contributed by atoms with Crippen LogP contribution in [0.4, 0.5) is 0 Å². The molecule has 12 heavy (non-hydrogen) atoms. The summed E-state index contributed by atoms with van der Waals surface area (Å²) in [6, 6.07) is 0. The van der Waals surface area contributed by atoms with Gasteiger partial charge in [-0.1, -0.05) is 0 Å². The Labute approximate surface area is 87.3 Å². The quantitative estimate of drug-likeness (QED) is 0.554. The average molecular weight is 294 g/mol. The fourth-order valence-electron chi connectivity index (χ4n) is 0.959. The van der Waals surface area contributed by atoms with Crippen molar-refractivity contribution in [3.8, 4) is 0 Å². The predicted molar refractivity (Wildman–Crippen MR) is 54.3 cm³/mol. The molecule has 0 N–H and O–H groups in total. The highest BCUT2D eigenvalue weighted by molar-refractivity contribution is 14.1. The van der Waals surface area contributed by atoms with E-state index in [1.54, 1.807) is 6.20 Å². The molecule has 0 unspecified atom stereocenters. The molecule has 0 saturated carbocycles. The van der Waals surface area contributed by atoms with Crippen molar-refractivity contribution in [2.24, 2.45) is 0 Å². The summed E-state index contributed by atoms with van der Waals surface area (Å²) in [5.74, 6) is 0. The number of hydrogen-bond acceptors (Lipinski definition) is 3. The maximum absolute atomic E-state index is 5.63. The normalized spacial score (nSPS) is 10.9. The minimum atomic E-state index is 0.253. The molecule has 0 aliphatic heterocycles. The van der Waals surface area contributed by atoms with Gasteiger partial charge in [0.15, 0.2) is 9.35 Å². The second kappa shape index (κ2) is 2.85. The molecule has 62 valence electrons. The third-order valence-corrected chi connectivity index (χ3v) is 2.79. The zero-order valence-electron chi connectivity index (χ0n) is 6.14. The van der Waals surface area contributed by atoms with Gasteiger partial charge >= 0.3 is 0 Å². The molecule has 2 aromatic heterocycles. The van der Waals surface area contributed by atoms with Gasteiger partial charge < -0.3 is 4.42 Å². The summed E-state index contributed by atoms with van der Waals surface area (Å²) in [4.78, 5) is 7.87. The molecule has 0 amide bonds. The zero-order chi connectivity index (χ0) is 8.72. The molecule has 0 aliphatic rings. The summed E-state index contributed by atoms with van der Waals surface area (Å²) in [5, 5.41) is 0.253. The highest BCUT2D eigenvalue weighted by Crippen LogP contribution is 2.24. The summed E-state index contributed by atoms with van der Waals surface area (Å²) in [6.07, 6.45) is 1.58. The fourth-order valence-corrected chi connectivity index (χ4v) is 1.58. The third kappa shape index (κ3) is 1.19. The van der Waals surface area contributed by atoms with Crippen LogP contribution < -0.4 is 0 Å². The molecule has 0 aliphatic carbocycles. The van der Waals surface area contributed by atoms with Gasteiger partial charge in [0, 0.05) is 5.56 Å². The monoisotopic (exact) mass is 294 g/mol. The minimum Gasteiger partial charge on any atom is -0.447 e. The second-order valence-corrected chi connectivity index (χ2v) is 3.67. The Kier molecular flexibility index (Phi) is 1.96. The van der Waals surface area contributed by atoms with E-state index in [1.807, 2.05) is 6.92 Å². The maximum atomic E-state index is 5.63. The van der Waals surface area contributed by atoms with Crippen molar-refractivity contribution in [2.45, 2.75) is 6.92 Å². The first-order chi connectivity index (χ1) is 5.68. The lowest BCUT2D eigenvalue weighted by Gasteiger charge is -1.87. The molecule has 5 heteroatoms. The maximum Gasteiger partial charge on any atom is 0.223 e. The minimum absolute atomic E-state index is 0.253. The molecular weight excluding hydrogens is 290 g/mol. The molecule has 0 atom stereocenters. The molecule has 0 spiro atoms. The highest BCUT2D eigenvalue weighted by atomic mass is 127. The van der Waals surface area contributed by atoms with Gasteiger partial charge in [0.05, 0.1) is 6.20 Å². The molecule has 0 bridgehead atoms. The van der Waals surface area contributed by atoms with Gasteiger partial charge in [0.25, 0.3) is 0 Å². The van der Waals surface area contributed by atoms with E-state index >= 15 is 0 Å². The van der Waals surface area contributed by atoms with Gasteiger partial charge in [-0.25, -0.2) is 9.97 Å². The molecule has 2 aromatic rings. The van der Waals surface area contributed by atoms with E-state index in [2.05, 4.69) is 32.6 Å². The van der Waals surface area contributed by atoms with Crippen molar-refractivity contribution in [3.05, 3.63) is 20.8 Å². The van der Waals surface area contributed by atoms with Crippen molar-refractivity contribution < 1.29 is 4.42 Å². The smallest absolute Gasteiger partial charge is 0.223 e. The summed E-state index contributed by atoms with van der Waals surface area (Å²) in [6.45, 7) is 1.94. The van der Waals surface area contributed by atoms with Gasteiger partial charge in [-0.3, -0.25) is 0 Å². The Morgan fingerprint density at radius 3 is 3.08 bits per heavy atom. The van der Waals surface area contributed by atoms with Crippen LogP contribution in [0.25, 0.3) is 11.1 Å². The van der Waals surface area contributed by atoms with Crippen LogP contribution in [0.2, 0.25) is 5.28 Å². The van der Waals surface area contributed by atoms with Gasteiger partial charge in [0.2, 0.25) is 5.28 Å². The van der Waals surface area contributed by atoms with Crippen LogP contribution in [0.3, 0.4) is 0 Å². The number of hydrogen-bond donors (Lipinski definition) is 0. The van der Waals surface area contributed by atoms with Crippen LogP contribution >= 0.6 is 34.2 Å². The number of rotatable bonds is 0. The first kappa shape index (κ1) is 8.25.